The number of aryl methyl sites for hydroxylation is 1. The Morgan fingerprint density at radius 3 is 2.58 bits per heavy atom. The average molecular weight is 633 g/mol. The summed E-state index contributed by atoms with van der Waals surface area (Å²) in [5, 5.41) is 38.3. The predicted molar refractivity (Wildman–Crippen MR) is 174 cm³/mol. The molecule has 1 unspecified atom stereocenters. The van der Waals surface area contributed by atoms with Crippen LogP contribution in [0.5, 0.6) is 0 Å². The van der Waals surface area contributed by atoms with Gasteiger partial charge in [0.15, 0.2) is 0 Å². The number of thiophene rings is 1. The summed E-state index contributed by atoms with van der Waals surface area (Å²) in [6, 6.07) is 15.1. The monoisotopic (exact) mass is 632 g/mol. The van der Waals surface area contributed by atoms with Gasteiger partial charge in [0.05, 0.1) is 16.7 Å². The van der Waals surface area contributed by atoms with E-state index in [0.717, 1.165) is 66.9 Å². The van der Waals surface area contributed by atoms with E-state index >= 15 is 0 Å². The normalized spacial score (nSPS) is 14.4. The Balaban J connectivity index is 1.12. The van der Waals surface area contributed by atoms with E-state index in [1.807, 2.05) is 6.07 Å². The average Bonchev–Trinajstić information content (AvgIpc) is 3.39. The quantitative estimate of drug-likeness (QED) is 0.109. The molecular formula is C32H36N6O6S. The molecule has 12 nitrogen and oxygen atoms in total. The molecule has 0 aliphatic carbocycles. The van der Waals surface area contributed by atoms with E-state index in [-0.39, 0.29) is 29.1 Å². The fraction of sp³-hybridized carbons (Fsp3) is 0.344. The molecule has 1 aliphatic heterocycles. The van der Waals surface area contributed by atoms with Crippen LogP contribution in [0.15, 0.2) is 54.6 Å². The second kappa shape index (κ2) is 14.0. The number of amides is 1. The van der Waals surface area contributed by atoms with Gasteiger partial charge in [-0.2, -0.15) is 0 Å². The maximum atomic E-state index is 12.6. The van der Waals surface area contributed by atoms with Crippen molar-refractivity contribution in [3.63, 3.8) is 0 Å². The first-order valence-corrected chi connectivity index (χ1v) is 15.7. The van der Waals surface area contributed by atoms with Crippen LogP contribution < -0.4 is 21.3 Å². The summed E-state index contributed by atoms with van der Waals surface area (Å²) >= 11 is 1.12. The molecule has 4 aromatic rings. The number of aliphatic hydroxyl groups is 1. The number of aromatic carboxylic acids is 1. The van der Waals surface area contributed by atoms with Gasteiger partial charge in [0.1, 0.15) is 15.5 Å². The minimum atomic E-state index is -1.04. The molecule has 2 aromatic carbocycles. The largest absolute Gasteiger partial charge is 0.477 e. The zero-order chi connectivity index (χ0) is 32.1. The number of non-ortho nitro benzene ring substituents is 1. The highest BCUT2D eigenvalue weighted by Gasteiger charge is 2.24. The van der Waals surface area contributed by atoms with Gasteiger partial charge in [0.25, 0.3) is 11.6 Å². The summed E-state index contributed by atoms with van der Waals surface area (Å²) in [4.78, 5) is 42.5. The minimum Gasteiger partial charge on any atom is -0.477 e. The highest BCUT2D eigenvalue weighted by Crippen LogP contribution is 2.37. The summed E-state index contributed by atoms with van der Waals surface area (Å²) in [6.45, 7) is 4.14. The molecule has 236 valence electrons. The van der Waals surface area contributed by atoms with E-state index in [1.165, 1.54) is 12.1 Å². The van der Waals surface area contributed by atoms with Crippen LogP contribution in [0.25, 0.3) is 10.2 Å². The van der Waals surface area contributed by atoms with Gasteiger partial charge in [0.2, 0.25) is 0 Å². The number of pyridine rings is 1. The van der Waals surface area contributed by atoms with Crippen molar-refractivity contribution in [2.45, 2.75) is 51.3 Å². The summed E-state index contributed by atoms with van der Waals surface area (Å²) in [5.41, 5.74) is 9.22. The van der Waals surface area contributed by atoms with Crippen LogP contribution in [-0.4, -0.2) is 57.7 Å². The Morgan fingerprint density at radius 1 is 1.18 bits per heavy atom. The topological polar surface area (TPSA) is 184 Å². The number of nitro groups is 1. The number of hydrogen-bond acceptors (Lipinski definition) is 10. The van der Waals surface area contributed by atoms with Crippen molar-refractivity contribution >= 4 is 50.6 Å². The Kier molecular flexibility index (Phi) is 9.91. The van der Waals surface area contributed by atoms with Gasteiger partial charge in [-0.25, -0.2) is 9.78 Å². The second-order valence-corrected chi connectivity index (χ2v) is 12.1. The van der Waals surface area contributed by atoms with E-state index in [4.69, 9.17) is 10.7 Å². The maximum absolute atomic E-state index is 12.6. The van der Waals surface area contributed by atoms with Gasteiger partial charge in [-0.15, -0.1) is 11.3 Å². The molecule has 0 saturated carbocycles. The van der Waals surface area contributed by atoms with Gasteiger partial charge in [-0.1, -0.05) is 37.6 Å². The molecule has 1 amide bonds. The number of benzene rings is 2. The van der Waals surface area contributed by atoms with Gasteiger partial charge < -0.3 is 31.5 Å². The predicted octanol–water partition coefficient (Wildman–Crippen LogP) is 4.66. The summed E-state index contributed by atoms with van der Waals surface area (Å²) in [7, 11) is 0. The lowest BCUT2D eigenvalue weighted by molar-refractivity contribution is -0.384. The third kappa shape index (κ3) is 7.39. The number of aliphatic hydroxyl groups excluding tert-OH is 1. The number of hydrogen-bond donors (Lipinski definition) is 5. The molecule has 1 saturated heterocycles. The number of nitrogens with zero attached hydrogens (tertiary/aromatic N) is 3. The van der Waals surface area contributed by atoms with Crippen LogP contribution >= 0.6 is 11.3 Å². The van der Waals surface area contributed by atoms with Crippen molar-refractivity contribution in [2.75, 3.05) is 30.3 Å². The third-order valence-electron chi connectivity index (χ3n) is 8.03. The van der Waals surface area contributed by atoms with E-state index in [2.05, 4.69) is 22.5 Å². The first kappa shape index (κ1) is 31.8. The van der Waals surface area contributed by atoms with Crippen LogP contribution in [0.3, 0.4) is 0 Å². The van der Waals surface area contributed by atoms with Crippen molar-refractivity contribution in [3.05, 3.63) is 91.8 Å². The number of nitrogens with two attached hydrogens (primary N) is 1. The lowest BCUT2D eigenvalue weighted by atomic mass is 10.0. The van der Waals surface area contributed by atoms with Crippen LogP contribution in [0.2, 0.25) is 0 Å². The maximum Gasteiger partial charge on any atom is 0.348 e. The number of fused-ring (bicyclic) bond motifs is 1. The number of rotatable bonds is 12. The number of nitro benzene ring substituents is 1. The number of carboxylic acids is 1. The molecule has 2 aromatic heterocycles. The number of nitrogen functional groups attached to an aromatic ring is 1. The fourth-order valence-electron chi connectivity index (χ4n) is 5.60. The van der Waals surface area contributed by atoms with Gasteiger partial charge in [0, 0.05) is 55.3 Å². The van der Waals surface area contributed by atoms with E-state index in [0.29, 0.717) is 33.8 Å². The van der Waals surface area contributed by atoms with Crippen molar-refractivity contribution in [1.29, 1.82) is 0 Å². The van der Waals surface area contributed by atoms with E-state index < -0.39 is 17.0 Å². The molecule has 1 atom stereocenters. The summed E-state index contributed by atoms with van der Waals surface area (Å²) < 4.78 is 0. The second-order valence-electron chi connectivity index (χ2n) is 11.1. The fourth-order valence-corrected chi connectivity index (χ4v) is 6.58. The number of carbonyl (C=O) groups is 2. The number of carbonyl (C=O) groups excluding carboxylic acids is 1. The summed E-state index contributed by atoms with van der Waals surface area (Å²) in [5.74, 6) is -0.518. The molecule has 0 bridgehead atoms. The Bertz CT molecular complexity index is 1700. The number of piperidine rings is 1. The lowest BCUT2D eigenvalue weighted by Gasteiger charge is -2.34. The highest BCUT2D eigenvalue weighted by molar-refractivity contribution is 7.21. The van der Waals surface area contributed by atoms with Crippen LogP contribution in [0, 0.1) is 10.1 Å². The van der Waals surface area contributed by atoms with Gasteiger partial charge >= 0.3 is 5.97 Å². The molecule has 13 heteroatoms. The Labute approximate surface area is 264 Å². The zero-order valence-electron chi connectivity index (χ0n) is 24.9. The van der Waals surface area contributed by atoms with Crippen LogP contribution in [-0.2, 0) is 13.0 Å². The lowest BCUT2D eigenvalue weighted by Crippen LogP contribution is -2.44. The first-order valence-electron chi connectivity index (χ1n) is 14.9. The van der Waals surface area contributed by atoms with Crippen molar-refractivity contribution in [2.24, 2.45) is 0 Å². The third-order valence-corrected chi connectivity index (χ3v) is 9.12. The summed E-state index contributed by atoms with van der Waals surface area (Å²) in [6.07, 6.45) is 2.65. The number of nitrogens with one attached hydrogen (secondary N) is 2. The molecule has 5 rings (SSSR count). The van der Waals surface area contributed by atoms with Gasteiger partial charge in [-0.3, -0.25) is 14.9 Å². The SMILES string of the molecule is CCCc1cc(N2CCC(NCC(O)c3ccc(C(=O)NCc4cccc([N+](=O)[O-])c4)cc3)CC2)nc2sc(C(=O)O)c(N)c12. The van der Waals surface area contributed by atoms with E-state index in [9.17, 15) is 29.9 Å². The molecule has 45 heavy (non-hydrogen) atoms. The number of carboxylic acid groups (broad SMARTS) is 1. The van der Waals surface area contributed by atoms with Crippen molar-refractivity contribution in [1.82, 2.24) is 15.6 Å². The molecule has 0 radical (unpaired) electrons. The molecule has 3 heterocycles. The van der Waals surface area contributed by atoms with E-state index in [1.54, 1.807) is 36.4 Å². The molecule has 6 N–H and O–H groups in total. The Morgan fingerprint density at radius 2 is 1.91 bits per heavy atom. The number of anilines is 2. The molecular weight excluding hydrogens is 596 g/mol. The Hall–Kier alpha value is -4.59. The van der Waals surface area contributed by atoms with Crippen molar-refractivity contribution < 1.29 is 24.7 Å². The minimum absolute atomic E-state index is 0.0307. The van der Waals surface area contributed by atoms with Crippen LogP contribution in [0.4, 0.5) is 17.2 Å². The van der Waals surface area contributed by atoms with Gasteiger partial charge in [-0.05, 0) is 54.2 Å². The van der Waals surface area contributed by atoms with Crippen molar-refractivity contribution in [3.8, 4) is 0 Å². The standard InChI is InChI=1S/C32H36N6O6S/c1-2-4-22-16-26(36-31-27(22)28(33)29(45-31)32(41)42)37-13-11-23(12-14-37)34-18-25(39)20-7-9-21(10-8-20)30(40)35-17-19-5-3-6-24(15-19)38(43)44/h3,5-10,15-16,23,25,34,39H,2,4,11-14,17-18,33H2,1H3,(H,35,40)(H,41,42). The molecule has 1 fully saturated rings. The molecule has 1 aliphatic rings. The zero-order valence-corrected chi connectivity index (χ0v) is 25.7. The number of aromatic nitrogens is 1. The first-order chi connectivity index (χ1) is 21.6. The molecule has 0 spiro atoms. The highest BCUT2D eigenvalue weighted by atomic mass is 32.1. The van der Waals surface area contributed by atoms with Crippen LogP contribution in [0.1, 0.15) is 69.0 Å². The smallest absolute Gasteiger partial charge is 0.348 e.